The number of rotatable bonds is 5. The van der Waals surface area contributed by atoms with Crippen LogP contribution in [0.4, 0.5) is 11.4 Å². The van der Waals surface area contributed by atoms with Crippen molar-refractivity contribution in [3.8, 4) is 0 Å². The number of sulfonamides is 1. The van der Waals surface area contributed by atoms with Crippen LogP contribution in [0.15, 0.2) is 78.9 Å². The average molecular weight is 421 g/mol. The first kappa shape index (κ1) is 20.2. The summed E-state index contributed by atoms with van der Waals surface area (Å²) < 4.78 is 26.7. The minimum atomic E-state index is -3.60. The van der Waals surface area contributed by atoms with E-state index < -0.39 is 10.0 Å². The summed E-state index contributed by atoms with van der Waals surface area (Å²) in [6.45, 7) is 0.780. The summed E-state index contributed by atoms with van der Waals surface area (Å²) >= 11 is 0. The Bertz CT molecular complexity index is 1160. The lowest BCUT2D eigenvalue weighted by molar-refractivity contribution is 0.0985. The van der Waals surface area contributed by atoms with E-state index >= 15 is 0 Å². The number of fused-ring (bicyclic) bond motifs is 1. The highest BCUT2D eigenvalue weighted by Gasteiger charge is 2.28. The quantitative estimate of drug-likeness (QED) is 0.620. The predicted molar refractivity (Wildman–Crippen MR) is 120 cm³/mol. The largest absolute Gasteiger partial charge is 0.308 e. The average Bonchev–Trinajstić information content (AvgIpc) is 2.76. The highest BCUT2D eigenvalue weighted by Crippen LogP contribution is 2.31. The molecule has 0 bridgehead atoms. The molecule has 3 aromatic rings. The molecule has 1 aliphatic rings. The van der Waals surface area contributed by atoms with Crippen molar-refractivity contribution in [1.29, 1.82) is 0 Å². The molecule has 5 nitrogen and oxygen atoms in total. The van der Waals surface area contributed by atoms with Gasteiger partial charge in [-0.3, -0.25) is 9.10 Å². The van der Waals surface area contributed by atoms with Crippen molar-refractivity contribution in [3.63, 3.8) is 0 Å². The minimum absolute atomic E-state index is 0.167. The fourth-order valence-corrected chi connectivity index (χ4v) is 4.79. The molecule has 0 aliphatic carbocycles. The second-order valence-corrected chi connectivity index (χ2v) is 9.37. The van der Waals surface area contributed by atoms with Crippen LogP contribution < -0.4 is 9.21 Å². The van der Waals surface area contributed by atoms with Gasteiger partial charge in [0.2, 0.25) is 10.0 Å². The molecule has 0 aromatic heterocycles. The second kappa shape index (κ2) is 8.32. The lowest BCUT2D eigenvalue weighted by atomic mass is 10.0. The number of carbonyl (C=O) groups is 1. The van der Waals surface area contributed by atoms with Crippen molar-refractivity contribution in [2.75, 3.05) is 22.0 Å². The van der Waals surface area contributed by atoms with E-state index in [-0.39, 0.29) is 12.5 Å². The number of nitrogens with zero attached hydrogens (tertiary/aromatic N) is 2. The highest BCUT2D eigenvalue weighted by molar-refractivity contribution is 7.92. The second-order valence-electron chi connectivity index (χ2n) is 7.46. The van der Waals surface area contributed by atoms with Crippen molar-refractivity contribution in [3.05, 3.63) is 95.6 Å². The van der Waals surface area contributed by atoms with Gasteiger partial charge in [-0.2, -0.15) is 0 Å². The molecule has 0 fully saturated rings. The molecule has 0 radical (unpaired) electrons. The van der Waals surface area contributed by atoms with Gasteiger partial charge in [-0.1, -0.05) is 60.7 Å². The molecule has 1 heterocycles. The molecular formula is C24H24N2O3S. The number of para-hydroxylation sites is 2. The topological polar surface area (TPSA) is 57.7 Å². The third-order valence-electron chi connectivity index (χ3n) is 5.33. The van der Waals surface area contributed by atoms with Crippen LogP contribution in [-0.2, 0) is 23.0 Å². The van der Waals surface area contributed by atoms with Crippen LogP contribution >= 0.6 is 0 Å². The Hall–Kier alpha value is -3.12. The Morgan fingerprint density at radius 1 is 0.933 bits per heavy atom. The van der Waals surface area contributed by atoms with Crippen LogP contribution in [0.1, 0.15) is 27.9 Å². The number of amides is 1. The molecule has 1 aliphatic heterocycles. The lowest BCUT2D eigenvalue weighted by Gasteiger charge is -2.31. The van der Waals surface area contributed by atoms with E-state index in [1.165, 1.54) is 10.6 Å². The van der Waals surface area contributed by atoms with Crippen LogP contribution in [-0.4, -0.2) is 27.1 Å². The highest BCUT2D eigenvalue weighted by atomic mass is 32.2. The van der Waals surface area contributed by atoms with Crippen LogP contribution in [0, 0.1) is 0 Å². The number of hydrogen-bond acceptors (Lipinski definition) is 3. The van der Waals surface area contributed by atoms with E-state index in [0.717, 1.165) is 29.7 Å². The van der Waals surface area contributed by atoms with Gasteiger partial charge in [0.05, 0.1) is 24.1 Å². The maximum atomic E-state index is 13.6. The van der Waals surface area contributed by atoms with E-state index in [1.807, 2.05) is 54.6 Å². The first-order valence-corrected chi connectivity index (χ1v) is 11.8. The Balaban J connectivity index is 1.75. The normalized spacial score (nSPS) is 13.6. The molecule has 3 aromatic carbocycles. The summed E-state index contributed by atoms with van der Waals surface area (Å²) in [6, 6.07) is 24.2. The molecule has 0 saturated heterocycles. The maximum absolute atomic E-state index is 13.6. The zero-order valence-corrected chi connectivity index (χ0v) is 17.7. The smallest absolute Gasteiger partial charge is 0.260 e. The number of aryl methyl sites for hydroxylation is 1. The summed E-state index contributed by atoms with van der Waals surface area (Å²) in [4.78, 5) is 15.3. The van der Waals surface area contributed by atoms with Crippen LogP contribution in [0.3, 0.4) is 0 Å². The van der Waals surface area contributed by atoms with Crippen molar-refractivity contribution in [2.24, 2.45) is 0 Å². The first-order valence-electron chi connectivity index (χ1n) is 9.95. The van der Waals surface area contributed by atoms with Gasteiger partial charge in [-0.25, -0.2) is 8.42 Å². The van der Waals surface area contributed by atoms with Gasteiger partial charge < -0.3 is 4.90 Å². The number of benzene rings is 3. The molecule has 0 unspecified atom stereocenters. The molecular weight excluding hydrogens is 396 g/mol. The zero-order valence-electron chi connectivity index (χ0n) is 16.9. The summed E-state index contributed by atoms with van der Waals surface area (Å²) in [5, 5.41) is 0. The molecule has 6 heteroatoms. The van der Waals surface area contributed by atoms with E-state index in [0.29, 0.717) is 17.8 Å². The summed E-state index contributed by atoms with van der Waals surface area (Å²) in [7, 11) is -3.60. The fraction of sp³-hybridized carbons (Fsp3) is 0.208. The molecule has 0 atom stereocenters. The molecule has 154 valence electrons. The van der Waals surface area contributed by atoms with Crippen LogP contribution in [0.5, 0.6) is 0 Å². The maximum Gasteiger partial charge on any atom is 0.260 e. The lowest BCUT2D eigenvalue weighted by Crippen LogP contribution is -2.37. The van der Waals surface area contributed by atoms with Gasteiger partial charge >= 0.3 is 0 Å². The van der Waals surface area contributed by atoms with Gasteiger partial charge in [-0.15, -0.1) is 0 Å². The van der Waals surface area contributed by atoms with Crippen molar-refractivity contribution >= 4 is 27.3 Å². The van der Waals surface area contributed by atoms with Gasteiger partial charge in [0.25, 0.3) is 5.91 Å². The Labute approximate surface area is 177 Å². The van der Waals surface area contributed by atoms with Crippen LogP contribution in [0.2, 0.25) is 0 Å². The molecule has 1 amide bonds. The first-order chi connectivity index (χ1) is 14.4. The fourth-order valence-electron chi connectivity index (χ4n) is 3.89. The predicted octanol–water partition coefficient (Wildman–Crippen LogP) is 4.25. The van der Waals surface area contributed by atoms with E-state index in [4.69, 9.17) is 0 Å². The number of carbonyl (C=O) groups excluding carboxylic acids is 1. The Kier molecular flexibility index (Phi) is 5.59. The summed E-state index contributed by atoms with van der Waals surface area (Å²) in [5.41, 5.74) is 3.68. The molecule has 0 spiro atoms. The van der Waals surface area contributed by atoms with Gasteiger partial charge in [-0.05, 0) is 42.2 Å². The number of anilines is 2. The van der Waals surface area contributed by atoms with E-state index in [2.05, 4.69) is 0 Å². The monoisotopic (exact) mass is 420 g/mol. The molecule has 4 rings (SSSR count). The van der Waals surface area contributed by atoms with E-state index in [9.17, 15) is 13.2 Å². The molecule has 0 N–H and O–H groups in total. The van der Waals surface area contributed by atoms with Gasteiger partial charge in [0.15, 0.2) is 0 Å². The van der Waals surface area contributed by atoms with E-state index in [1.54, 1.807) is 29.2 Å². The zero-order chi connectivity index (χ0) is 21.1. The SMILES string of the molecule is CS(=O)(=O)N(Cc1ccccc1)c1ccccc1C(=O)N1CCCc2ccccc21. The molecule has 0 saturated carbocycles. The summed E-state index contributed by atoms with van der Waals surface area (Å²) in [5.74, 6) is -0.181. The molecule has 30 heavy (non-hydrogen) atoms. The Morgan fingerprint density at radius 2 is 1.60 bits per heavy atom. The third-order valence-corrected chi connectivity index (χ3v) is 6.45. The number of hydrogen-bond donors (Lipinski definition) is 0. The summed E-state index contributed by atoms with van der Waals surface area (Å²) in [6.07, 6.45) is 2.99. The van der Waals surface area contributed by atoms with Gasteiger partial charge in [0, 0.05) is 12.2 Å². The van der Waals surface area contributed by atoms with Crippen molar-refractivity contribution in [2.45, 2.75) is 19.4 Å². The van der Waals surface area contributed by atoms with Gasteiger partial charge in [0.1, 0.15) is 0 Å². The Morgan fingerprint density at radius 3 is 2.37 bits per heavy atom. The van der Waals surface area contributed by atoms with Crippen molar-refractivity contribution in [1.82, 2.24) is 0 Å². The third kappa shape index (κ3) is 4.09. The van der Waals surface area contributed by atoms with Crippen LogP contribution in [0.25, 0.3) is 0 Å². The minimum Gasteiger partial charge on any atom is -0.308 e. The standard InChI is InChI=1S/C24H24N2O3S/c1-30(28,29)26(18-19-10-3-2-4-11-19)23-16-8-6-14-21(23)24(27)25-17-9-13-20-12-5-7-15-22(20)25/h2-8,10-12,14-16H,9,13,17-18H2,1H3. The van der Waals surface area contributed by atoms with Crippen molar-refractivity contribution < 1.29 is 13.2 Å².